The van der Waals surface area contributed by atoms with Crippen LogP contribution in [0.3, 0.4) is 0 Å². The van der Waals surface area contributed by atoms with Gasteiger partial charge in [0.05, 0.1) is 24.7 Å². The number of nitrogens with zero attached hydrogens (tertiary/aromatic N) is 5. The Morgan fingerprint density at radius 1 is 1.29 bits per heavy atom. The molecule has 3 aromatic rings. The Bertz CT molecular complexity index is 1010. The average Bonchev–Trinajstić information content (AvgIpc) is 3.07. The summed E-state index contributed by atoms with van der Waals surface area (Å²) in [5.41, 5.74) is 2.43. The number of fused-ring (bicyclic) bond motifs is 1. The van der Waals surface area contributed by atoms with E-state index in [2.05, 4.69) is 15.1 Å². The fourth-order valence-electron chi connectivity index (χ4n) is 3.38. The molecule has 146 valence electrons. The van der Waals surface area contributed by atoms with E-state index in [1.165, 1.54) is 6.07 Å². The number of aryl methyl sites for hydroxylation is 2. The Morgan fingerprint density at radius 3 is 2.82 bits per heavy atom. The normalized spacial score (nSPS) is 15.2. The van der Waals surface area contributed by atoms with Gasteiger partial charge in [-0.15, -0.1) is 5.10 Å². The van der Waals surface area contributed by atoms with E-state index in [4.69, 9.17) is 4.74 Å². The topological polar surface area (TPSA) is 72.6 Å². The molecule has 0 bridgehead atoms. The van der Waals surface area contributed by atoms with Crippen molar-refractivity contribution in [3.63, 3.8) is 0 Å². The van der Waals surface area contributed by atoms with E-state index in [1.807, 2.05) is 25.3 Å². The molecule has 1 amide bonds. The number of likely N-dealkylation sites (tertiary alicyclic amines) is 1. The Morgan fingerprint density at radius 2 is 2.07 bits per heavy atom. The molecule has 1 aliphatic rings. The molecule has 8 heteroatoms. The Balaban J connectivity index is 1.30. The number of amides is 1. The number of ether oxygens (including phenoxy) is 1. The molecule has 1 fully saturated rings. The molecule has 7 nitrogen and oxygen atoms in total. The quantitative estimate of drug-likeness (QED) is 0.693. The lowest BCUT2D eigenvalue weighted by molar-refractivity contribution is 0.0653. The first-order valence-electron chi connectivity index (χ1n) is 9.37. The number of carbonyl (C=O) groups is 1. The van der Waals surface area contributed by atoms with Gasteiger partial charge in [0.1, 0.15) is 11.5 Å². The summed E-state index contributed by atoms with van der Waals surface area (Å²) in [5.74, 6) is 0.374. The zero-order valence-electron chi connectivity index (χ0n) is 15.9. The van der Waals surface area contributed by atoms with Crippen LogP contribution in [0.4, 0.5) is 4.39 Å². The lowest BCUT2D eigenvalue weighted by Crippen LogP contribution is -2.40. The van der Waals surface area contributed by atoms with Crippen LogP contribution < -0.4 is 4.74 Å². The Hall–Kier alpha value is -3.03. The van der Waals surface area contributed by atoms with Gasteiger partial charge in [0, 0.05) is 19.2 Å². The summed E-state index contributed by atoms with van der Waals surface area (Å²) in [7, 11) is 0. The van der Waals surface area contributed by atoms with Crippen LogP contribution in [0.2, 0.25) is 0 Å². The number of pyridine rings is 1. The molecule has 0 unspecified atom stereocenters. The van der Waals surface area contributed by atoms with Crippen LogP contribution in [0, 0.1) is 25.6 Å². The number of piperidine rings is 1. The SMILES string of the molecule is Cc1cn2nc(OCC3CCN(C(=O)c4cc(C)c(F)cn4)CC3)ccc2n1. The van der Waals surface area contributed by atoms with Crippen molar-refractivity contribution in [2.75, 3.05) is 19.7 Å². The molecule has 0 N–H and O–H groups in total. The van der Waals surface area contributed by atoms with Gasteiger partial charge in [0.15, 0.2) is 5.65 Å². The van der Waals surface area contributed by atoms with Crippen molar-refractivity contribution in [1.82, 2.24) is 24.5 Å². The van der Waals surface area contributed by atoms with Gasteiger partial charge in [-0.25, -0.2) is 18.9 Å². The molecule has 0 saturated carbocycles. The molecule has 4 heterocycles. The van der Waals surface area contributed by atoms with Crippen LogP contribution in [-0.2, 0) is 0 Å². The zero-order chi connectivity index (χ0) is 19.7. The largest absolute Gasteiger partial charge is 0.476 e. The Kier molecular flexibility index (Phi) is 4.93. The minimum atomic E-state index is -0.398. The van der Waals surface area contributed by atoms with Gasteiger partial charge >= 0.3 is 0 Å². The highest BCUT2D eigenvalue weighted by Gasteiger charge is 2.25. The van der Waals surface area contributed by atoms with Crippen molar-refractivity contribution >= 4 is 11.6 Å². The summed E-state index contributed by atoms with van der Waals surface area (Å²) < 4.78 is 20.9. The summed E-state index contributed by atoms with van der Waals surface area (Å²) in [4.78, 5) is 22.6. The average molecular weight is 383 g/mol. The van der Waals surface area contributed by atoms with E-state index < -0.39 is 5.82 Å². The second-order valence-corrected chi connectivity index (χ2v) is 7.22. The van der Waals surface area contributed by atoms with E-state index in [0.29, 0.717) is 42.8 Å². The zero-order valence-corrected chi connectivity index (χ0v) is 15.9. The third kappa shape index (κ3) is 3.81. The monoisotopic (exact) mass is 383 g/mol. The molecular formula is C20H22FN5O2. The fourth-order valence-corrected chi connectivity index (χ4v) is 3.38. The highest BCUT2D eigenvalue weighted by atomic mass is 19.1. The first-order chi connectivity index (χ1) is 13.5. The third-order valence-corrected chi connectivity index (χ3v) is 5.05. The summed E-state index contributed by atoms with van der Waals surface area (Å²) >= 11 is 0. The van der Waals surface area contributed by atoms with Gasteiger partial charge in [-0.2, -0.15) is 0 Å². The second kappa shape index (κ2) is 7.53. The summed E-state index contributed by atoms with van der Waals surface area (Å²) in [6.45, 7) is 5.39. The van der Waals surface area contributed by atoms with Crippen molar-refractivity contribution in [3.8, 4) is 5.88 Å². The molecule has 0 spiro atoms. The van der Waals surface area contributed by atoms with Crippen LogP contribution >= 0.6 is 0 Å². The van der Waals surface area contributed by atoms with Crippen LogP contribution in [-0.4, -0.2) is 50.1 Å². The maximum atomic E-state index is 13.4. The van der Waals surface area contributed by atoms with Crippen molar-refractivity contribution in [3.05, 3.63) is 53.4 Å². The molecule has 0 atom stereocenters. The lowest BCUT2D eigenvalue weighted by Gasteiger charge is -2.31. The fraction of sp³-hybridized carbons (Fsp3) is 0.400. The van der Waals surface area contributed by atoms with Gasteiger partial charge in [-0.1, -0.05) is 0 Å². The van der Waals surface area contributed by atoms with Gasteiger partial charge in [-0.05, 0) is 50.3 Å². The van der Waals surface area contributed by atoms with Gasteiger partial charge in [0.25, 0.3) is 5.91 Å². The number of carbonyl (C=O) groups excluding carboxylic acids is 1. The molecule has 0 aliphatic carbocycles. The molecule has 3 aromatic heterocycles. The summed E-state index contributed by atoms with van der Waals surface area (Å²) in [6, 6.07) is 5.21. The van der Waals surface area contributed by atoms with E-state index in [1.54, 1.807) is 16.3 Å². The smallest absolute Gasteiger partial charge is 0.272 e. The van der Waals surface area contributed by atoms with Crippen LogP contribution in [0.25, 0.3) is 5.65 Å². The Labute approximate surface area is 162 Å². The highest BCUT2D eigenvalue weighted by molar-refractivity contribution is 5.92. The van der Waals surface area contributed by atoms with Crippen LogP contribution in [0.1, 0.15) is 34.6 Å². The minimum absolute atomic E-state index is 0.148. The molecule has 4 rings (SSSR count). The van der Waals surface area contributed by atoms with E-state index in [-0.39, 0.29) is 5.91 Å². The molecular weight excluding hydrogens is 361 g/mol. The number of hydrogen-bond acceptors (Lipinski definition) is 5. The number of rotatable bonds is 4. The third-order valence-electron chi connectivity index (χ3n) is 5.05. The number of imidazole rings is 1. The molecule has 1 saturated heterocycles. The van der Waals surface area contributed by atoms with E-state index in [9.17, 15) is 9.18 Å². The molecule has 1 aliphatic heterocycles. The number of halogens is 1. The maximum absolute atomic E-state index is 13.4. The first-order valence-corrected chi connectivity index (χ1v) is 9.37. The molecule has 0 aromatic carbocycles. The molecule has 28 heavy (non-hydrogen) atoms. The van der Waals surface area contributed by atoms with Crippen molar-refractivity contribution < 1.29 is 13.9 Å². The van der Waals surface area contributed by atoms with Crippen molar-refractivity contribution in [2.45, 2.75) is 26.7 Å². The second-order valence-electron chi connectivity index (χ2n) is 7.22. The van der Waals surface area contributed by atoms with Crippen molar-refractivity contribution in [2.24, 2.45) is 5.92 Å². The highest BCUT2D eigenvalue weighted by Crippen LogP contribution is 2.20. The minimum Gasteiger partial charge on any atom is -0.476 e. The van der Waals surface area contributed by atoms with Gasteiger partial charge in [-0.3, -0.25) is 4.79 Å². The van der Waals surface area contributed by atoms with Crippen molar-refractivity contribution in [1.29, 1.82) is 0 Å². The van der Waals surface area contributed by atoms with E-state index >= 15 is 0 Å². The van der Waals surface area contributed by atoms with Crippen LogP contribution in [0.15, 0.2) is 30.6 Å². The van der Waals surface area contributed by atoms with E-state index in [0.717, 1.165) is 30.4 Å². The standard InChI is InChI=1S/C20H22FN5O2/c1-13-9-17(22-10-16(13)21)20(27)25-7-5-15(6-8-25)12-28-19-4-3-18-23-14(2)11-26(18)24-19/h3-4,9-11,15H,5-8,12H2,1-2H3. The summed E-state index contributed by atoms with van der Waals surface area (Å²) in [5, 5.41) is 4.41. The van der Waals surface area contributed by atoms with Crippen LogP contribution in [0.5, 0.6) is 5.88 Å². The maximum Gasteiger partial charge on any atom is 0.272 e. The lowest BCUT2D eigenvalue weighted by atomic mass is 9.97. The predicted octanol–water partition coefficient (Wildman–Crippen LogP) is 2.81. The van der Waals surface area contributed by atoms with Gasteiger partial charge in [0.2, 0.25) is 5.88 Å². The number of hydrogen-bond donors (Lipinski definition) is 0. The summed E-state index contributed by atoms with van der Waals surface area (Å²) in [6.07, 6.45) is 4.66. The predicted molar refractivity (Wildman–Crippen MR) is 101 cm³/mol. The first kappa shape index (κ1) is 18.3. The van der Waals surface area contributed by atoms with Gasteiger partial charge < -0.3 is 9.64 Å². The number of aromatic nitrogens is 4. The molecule has 0 radical (unpaired) electrons.